The normalized spacial score (nSPS) is 11.6. The monoisotopic (exact) mass is 599 g/mol. The van der Waals surface area contributed by atoms with Crippen LogP contribution >= 0.6 is 0 Å². The molecule has 0 bridgehead atoms. The van der Waals surface area contributed by atoms with Crippen molar-refractivity contribution in [2.24, 2.45) is 0 Å². The van der Waals surface area contributed by atoms with E-state index in [0.717, 1.165) is 17.1 Å². The summed E-state index contributed by atoms with van der Waals surface area (Å²) in [6.45, 7) is 4.37. The second kappa shape index (κ2) is 10.9. The predicted molar refractivity (Wildman–Crippen MR) is 201 cm³/mol. The summed E-state index contributed by atoms with van der Waals surface area (Å²) in [4.78, 5) is 2.38. The highest BCUT2D eigenvalue weighted by Gasteiger charge is 2.24. The summed E-state index contributed by atoms with van der Waals surface area (Å²) in [5, 5.41) is 5.08. The first-order valence-corrected chi connectivity index (χ1v) is 16.3. The number of hydrogen-bond acceptors (Lipinski definition) is 1. The van der Waals surface area contributed by atoms with Gasteiger partial charge in [-0.3, -0.25) is 0 Å². The Labute approximate surface area is 276 Å². The van der Waals surface area contributed by atoms with Crippen molar-refractivity contribution in [3.05, 3.63) is 175 Å². The Morgan fingerprint density at radius 1 is 0.298 bits per heavy atom. The molecule has 8 aromatic carbocycles. The van der Waals surface area contributed by atoms with Crippen LogP contribution in [0.5, 0.6) is 0 Å². The Balaban J connectivity index is 1.12. The van der Waals surface area contributed by atoms with Crippen molar-refractivity contribution in [1.29, 1.82) is 0 Å². The van der Waals surface area contributed by atoms with Crippen LogP contribution in [0.15, 0.2) is 164 Å². The van der Waals surface area contributed by atoms with E-state index in [0.29, 0.717) is 0 Å². The summed E-state index contributed by atoms with van der Waals surface area (Å²) >= 11 is 0. The van der Waals surface area contributed by atoms with E-state index in [1.54, 1.807) is 0 Å². The molecule has 8 aromatic rings. The smallest absolute Gasteiger partial charge is 0.0468 e. The summed E-state index contributed by atoms with van der Waals surface area (Å²) in [5.41, 5.74) is 16.4. The molecule has 0 aliphatic heterocycles. The highest BCUT2D eigenvalue weighted by Crippen LogP contribution is 2.51. The molecule has 0 amide bonds. The van der Waals surface area contributed by atoms with Crippen molar-refractivity contribution in [3.8, 4) is 44.5 Å². The first kappa shape index (κ1) is 27.4. The van der Waals surface area contributed by atoms with Crippen molar-refractivity contribution >= 4 is 38.6 Å². The van der Waals surface area contributed by atoms with Gasteiger partial charge in [-0.1, -0.05) is 97.1 Å². The molecule has 0 fully saturated rings. The number of anilines is 3. The summed E-state index contributed by atoms with van der Waals surface area (Å²) in [6, 6.07) is 60.1. The molecule has 0 saturated carbocycles. The highest BCUT2D eigenvalue weighted by atomic mass is 15.1. The van der Waals surface area contributed by atoms with Crippen LogP contribution in [-0.2, 0) is 0 Å². The second-order valence-corrected chi connectivity index (χ2v) is 12.8. The van der Waals surface area contributed by atoms with Gasteiger partial charge in [0.1, 0.15) is 0 Å². The molecule has 222 valence electrons. The van der Waals surface area contributed by atoms with Gasteiger partial charge in [-0.25, -0.2) is 0 Å². The third-order valence-corrected chi connectivity index (χ3v) is 9.86. The van der Waals surface area contributed by atoms with Crippen molar-refractivity contribution < 1.29 is 0 Å². The lowest BCUT2D eigenvalue weighted by molar-refractivity contribution is 1.25. The molecule has 0 heterocycles. The zero-order valence-corrected chi connectivity index (χ0v) is 26.5. The van der Waals surface area contributed by atoms with E-state index >= 15 is 0 Å². The van der Waals surface area contributed by atoms with E-state index in [9.17, 15) is 0 Å². The molecule has 0 radical (unpaired) electrons. The third kappa shape index (κ3) is 4.71. The van der Waals surface area contributed by atoms with Gasteiger partial charge >= 0.3 is 0 Å². The van der Waals surface area contributed by atoms with E-state index in [-0.39, 0.29) is 0 Å². The van der Waals surface area contributed by atoms with E-state index in [1.807, 2.05) is 0 Å². The van der Waals surface area contributed by atoms with Crippen LogP contribution in [0.4, 0.5) is 17.1 Å². The Morgan fingerprint density at radius 3 is 1.36 bits per heavy atom. The molecule has 0 spiro atoms. The largest absolute Gasteiger partial charge is 0.310 e. The molecule has 1 heteroatoms. The van der Waals surface area contributed by atoms with Crippen LogP contribution in [-0.4, -0.2) is 0 Å². The molecule has 1 aliphatic carbocycles. The van der Waals surface area contributed by atoms with Gasteiger partial charge in [0.2, 0.25) is 0 Å². The fraction of sp³-hybridized carbons (Fsp3) is 0.0435. The number of rotatable bonds is 5. The lowest BCUT2D eigenvalue weighted by atomic mass is 9.77. The minimum Gasteiger partial charge on any atom is -0.310 e. The molecular formula is C46H33N. The van der Waals surface area contributed by atoms with Crippen LogP contribution < -0.4 is 4.90 Å². The topological polar surface area (TPSA) is 3.24 Å². The Morgan fingerprint density at radius 2 is 0.745 bits per heavy atom. The number of hydrogen-bond donors (Lipinski definition) is 0. The van der Waals surface area contributed by atoms with Crippen molar-refractivity contribution in [2.45, 2.75) is 13.8 Å². The van der Waals surface area contributed by atoms with Crippen LogP contribution in [0.25, 0.3) is 66.1 Å². The molecule has 9 rings (SSSR count). The maximum Gasteiger partial charge on any atom is 0.0468 e. The number of nitrogens with zero attached hydrogens (tertiary/aromatic N) is 1. The van der Waals surface area contributed by atoms with E-state index < -0.39 is 0 Å². The molecular weight excluding hydrogens is 567 g/mol. The summed E-state index contributed by atoms with van der Waals surface area (Å²) < 4.78 is 0. The minimum absolute atomic E-state index is 1.14. The minimum atomic E-state index is 1.14. The first-order valence-electron chi connectivity index (χ1n) is 16.3. The van der Waals surface area contributed by atoms with Gasteiger partial charge in [-0.05, 0) is 158 Å². The highest BCUT2D eigenvalue weighted by molar-refractivity contribution is 6.12. The SMILES string of the molecule is Cc1ccc(N(c2ccc(-c3ccccc3)cc2)c2ccc3cc4c(cc3c2)-c2cc3ccc(-c5ccccc5)cc3cc2-4)cc1C. The molecule has 0 N–H and O–H groups in total. The van der Waals surface area contributed by atoms with Gasteiger partial charge in [0.05, 0.1) is 0 Å². The average molecular weight is 600 g/mol. The quantitative estimate of drug-likeness (QED) is 0.190. The summed E-state index contributed by atoms with van der Waals surface area (Å²) in [7, 11) is 0. The first-order chi connectivity index (χ1) is 23.1. The molecule has 0 atom stereocenters. The van der Waals surface area contributed by atoms with Crippen molar-refractivity contribution in [1.82, 2.24) is 0 Å². The molecule has 0 aromatic heterocycles. The fourth-order valence-electron chi connectivity index (χ4n) is 7.11. The number of fused-ring (bicyclic) bond motifs is 6. The molecule has 0 saturated heterocycles. The Hall–Kier alpha value is -5.92. The Bertz CT molecular complexity index is 2460. The van der Waals surface area contributed by atoms with Gasteiger partial charge in [0.15, 0.2) is 0 Å². The molecule has 1 aliphatic rings. The fourth-order valence-corrected chi connectivity index (χ4v) is 7.11. The van der Waals surface area contributed by atoms with Gasteiger partial charge in [0.25, 0.3) is 0 Å². The van der Waals surface area contributed by atoms with Gasteiger partial charge in [-0.2, -0.15) is 0 Å². The van der Waals surface area contributed by atoms with E-state index in [1.165, 1.54) is 77.2 Å². The second-order valence-electron chi connectivity index (χ2n) is 12.8. The Kier molecular flexibility index (Phi) is 6.33. The summed E-state index contributed by atoms with van der Waals surface area (Å²) in [6.07, 6.45) is 0. The van der Waals surface area contributed by atoms with E-state index in [4.69, 9.17) is 0 Å². The lowest BCUT2D eigenvalue weighted by Crippen LogP contribution is -2.10. The van der Waals surface area contributed by atoms with Crippen LogP contribution in [0.3, 0.4) is 0 Å². The number of benzene rings is 8. The maximum absolute atomic E-state index is 2.39. The van der Waals surface area contributed by atoms with Crippen LogP contribution in [0, 0.1) is 13.8 Å². The number of aryl methyl sites for hydroxylation is 2. The van der Waals surface area contributed by atoms with Gasteiger partial charge in [-0.15, -0.1) is 0 Å². The van der Waals surface area contributed by atoms with Gasteiger partial charge < -0.3 is 4.90 Å². The van der Waals surface area contributed by atoms with Crippen molar-refractivity contribution in [2.75, 3.05) is 4.90 Å². The zero-order valence-electron chi connectivity index (χ0n) is 26.5. The molecule has 0 unspecified atom stereocenters. The van der Waals surface area contributed by atoms with Crippen LogP contribution in [0.2, 0.25) is 0 Å². The standard InChI is InChI=1S/C46H33N/c1-30-13-19-41(23-31(30)2)47(40-20-16-34(17-21-40)32-9-5-3-6-10-32)42-22-18-37-27-44-45-28-38-24-35(33-11-7-4-8-12-33)14-15-36(38)26-43(45)46(44)29-39(37)25-42/h3-29H,1-2H3. The van der Waals surface area contributed by atoms with E-state index in [2.05, 4.69) is 183 Å². The molecule has 1 nitrogen and oxygen atoms in total. The van der Waals surface area contributed by atoms with Gasteiger partial charge in [0, 0.05) is 17.1 Å². The average Bonchev–Trinajstić information content (AvgIpc) is 3.12. The predicted octanol–water partition coefficient (Wildman–Crippen LogP) is 13.1. The zero-order chi connectivity index (χ0) is 31.5. The van der Waals surface area contributed by atoms with Crippen LogP contribution in [0.1, 0.15) is 11.1 Å². The summed E-state index contributed by atoms with van der Waals surface area (Å²) in [5.74, 6) is 0. The lowest BCUT2D eigenvalue weighted by Gasteiger charge is -2.28. The maximum atomic E-state index is 2.39. The molecule has 47 heavy (non-hydrogen) atoms. The third-order valence-electron chi connectivity index (χ3n) is 9.86. The van der Waals surface area contributed by atoms with Crippen molar-refractivity contribution in [3.63, 3.8) is 0 Å².